The Kier molecular flexibility index (Phi) is 6.70. The lowest BCUT2D eigenvalue weighted by atomic mass is 9.86. The van der Waals surface area contributed by atoms with Crippen LogP contribution in [0.1, 0.15) is 33.1 Å². The number of carbonyl (C=O) groups is 2. The molecule has 11 heteroatoms. The Morgan fingerprint density at radius 3 is 2.64 bits per heavy atom. The first-order valence-electron chi connectivity index (χ1n) is 11.0. The average Bonchev–Trinajstić information content (AvgIpc) is 3.38. The molecule has 1 unspecified atom stereocenters. The first-order valence-corrected chi connectivity index (χ1v) is 13.2. The molecule has 8 nitrogen and oxygen atoms in total. The van der Waals surface area contributed by atoms with Gasteiger partial charge in [-0.15, -0.1) is 0 Å². The van der Waals surface area contributed by atoms with Crippen LogP contribution in [0.4, 0.5) is 0 Å². The predicted octanol–water partition coefficient (Wildman–Crippen LogP) is 2.68. The van der Waals surface area contributed by atoms with Gasteiger partial charge in [0.05, 0.1) is 16.5 Å². The highest BCUT2D eigenvalue weighted by atomic mass is 35.5. The van der Waals surface area contributed by atoms with E-state index >= 15 is 0 Å². The molecule has 33 heavy (non-hydrogen) atoms. The number of likely N-dealkylation sites (tertiary alicyclic amines) is 2. The lowest BCUT2D eigenvalue weighted by molar-refractivity contribution is -0.135. The topological polar surface area (TPSA) is 90.0 Å². The van der Waals surface area contributed by atoms with Crippen LogP contribution >= 0.6 is 23.2 Å². The van der Waals surface area contributed by atoms with Crippen LogP contribution in [0.25, 0.3) is 0 Å². The minimum absolute atomic E-state index is 0.0781. The predicted molar refractivity (Wildman–Crippen MR) is 126 cm³/mol. The zero-order valence-electron chi connectivity index (χ0n) is 18.6. The lowest BCUT2D eigenvalue weighted by Gasteiger charge is -2.32. The minimum atomic E-state index is -4.21. The molecule has 0 aromatic heterocycles. The van der Waals surface area contributed by atoms with Crippen molar-refractivity contribution in [2.75, 3.05) is 26.2 Å². The maximum absolute atomic E-state index is 13.3. The second kappa shape index (κ2) is 9.09. The van der Waals surface area contributed by atoms with Crippen LogP contribution in [0.5, 0.6) is 0 Å². The van der Waals surface area contributed by atoms with E-state index in [0.717, 1.165) is 30.2 Å². The SMILES string of the molecule is CC(C)N1CCC2(CCN(C(=O)C[C@@H]3C(=O)NC=CN3S(=O)(=O)c3cccc(Cl)c3Cl)C2)C1. The summed E-state index contributed by atoms with van der Waals surface area (Å²) in [4.78, 5) is 29.8. The number of amides is 2. The lowest BCUT2D eigenvalue weighted by Crippen LogP contribution is -2.51. The number of benzene rings is 1. The fourth-order valence-corrected chi connectivity index (χ4v) is 7.11. The number of carbonyl (C=O) groups excluding carboxylic acids is 2. The normalized spacial score (nSPS) is 26.0. The molecule has 1 spiro atoms. The molecule has 3 aliphatic rings. The zero-order valence-corrected chi connectivity index (χ0v) is 21.0. The average molecular weight is 515 g/mol. The van der Waals surface area contributed by atoms with Gasteiger partial charge < -0.3 is 15.1 Å². The van der Waals surface area contributed by atoms with E-state index in [-0.39, 0.29) is 32.7 Å². The Balaban J connectivity index is 1.52. The molecule has 0 aliphatic carbocycles. The summed E-state index contributed by atoms with van der Waals surface area (Å²) in [7, 11) is -4.21. The van der Waals surface area contributed by atoms with Gasteiger partial charge in [0.2, 0.25) is 11.8 Å². The van der Waals surface area contributed by atoms with E-state index in [1.807, 2.05) is 0 Å². The van der Waals surface area contributed by atoms with Crippen LogP contribution in [-0.2, 0) is 19.6 Å². The summed E-state index contributed by atoms with van der Waals surface area (Å²) in [5, 5.41) is 2.48. The number of nitrogens with one attached hydrogen (secondary N) is 1. The standard InChI is InChI=1S/C22H28Cl2N4O4S/c1-15(2)26-9-6-22(13-26)7-10-27(14-22)19(29)12-17-21(30)25-8-11-28(17)33(31,32)18-5-3-4-16(23)20(18)24/h3-5,8,11,15,17H,6-7,9-10,12-14H2,1-2H3,(H,25,30)/t17-,22?/m1/s1. The number of hydrogen-bond acceptors (Lipinski definition) is 5. The monoisotopic (exact) mass is 514 g/mol. The summed E-state index contributed by atoms with van der Waals surface area (Å²) in [6, 6.07) is 3.53. The molecule has 4 rings (SSSR count). The van der Waals surface area contributed by atoms with Gasteiger partial charge in [-0.25, -0.2) is 8.42 Å². The summed E-state index contributed by atoms with van der Waals surface area (Å²) in [5.74, 6) is -0.795. The molecule has 1 N–H and O–H groups in total. The van der Waals surface area contributed by atoms with Crippen molar-refractivity contribution in [2.24, 2.45) is 5.41 Å². The summed E-state index contributed by atoms with van der Waals surface area (Å²) in [6.07, 6.45) is 4.18. The van der Waals surface area contributed by atoms with E-state index < -0.39 is 22.0 Å². The molecular formula is C22H28Cl2N4O4S. The van der Waals surface area contributed by atoms with Crippen LogP contribution in [0.3, 0.4) is 0 Å². The van der Waals surface area contributed by atoms with Crippen LogP contribution in [0.2, 0.25) is 10.0 Å². The van der Waals surface area contributed by atoms with Crippen LogP contribution in [-0.4, -0.2) is 72.6 Å². The number of rotatable bonds is 5. The van der Waals surface area contributed by atoms with Gasteiger partial charge in [-0.1, -0.05) is 29.3 Å². The highest BCUT2D eigenvalue weighted by molar-refractivity contribution is 7.89. The molecule has 1 aromatic rings. The summed E-state index contributed by atoms with van der Waals surface area (Å²) in [5.41, 5.74) is 0.0781. The Morgan fingerprint density at radius 2 is 1.94 bits per heavy atom. The third-order valence-corrected chi connectivity index (χ3v) is 9.64. The molecule has 180 valence electrons. The van der Waals surface area contributed by atoms with Crippen molar-refractivity contribution in [1.82, 2.24) is 19.4 Å². The van der Waals surface area contributed by atoms with Crippen molar-refractivity contribution in [3.8, 4) is 0 Å². The molecule has 0 saturated carbocycles. The van der Waals surface area contributed by atoms with Crippen LogP contribution < -0.4 is 5.32 Å². The molecule has 3 aliphatic heterocycles. The molecule has 2 saturated heterocycles. The molecule has 0 radical (unpaired) electrons. The third-order valence-electron chi connectivity index (χ3n) is 6.89. The second-order valence-corrected chi connectivity index (χ2v) is 11.9. The minimum Gasteiger partial charge on any atom is -0.342 e. The highest BCUT2D eigenvalue weighted by Crippen LogP contribution is 2.40. The van der Waals surface area contributed by atoms with E-state index in [1.54, 1.807) is 4.90 Å². The van der Waals surface area contributed by atoms with Crippen molar-refractivity contribution >= 4 is 45.0 Å². The van der Waals surface area contributed by atoms with Crippen molar-refractivity contribution in [2.45, 2.75) is 50.1 Å². The zero-order chi connectivity index (χ0) is 24.0. The summed E-state index contributed by atoms with van der Waals surface area (Å²) >= 11 is 12.2. The van der Waals surface area contributed by atoms with Crippen molar-refractivity contribution in [3.63, 3.8) is 0 Å². The quantitative estimate of drug-likeness (QED) is 0.652. The first-order chi connectivity index (χ1) is 15.5. The number of hydrogen-bond donors (Lipinski definition) is 1. The number of nitrogens with zero attached hydrogens (tertiary/aromatic N) is 3. The van der Waals surface area contributed by atoms with Gasteiger partial charge in [-0.3, -0.25) is 13.9 Å². The van der Waals surface area contributed by atoms with Gasteiger partial charge in [0, 0.05) is 43.5 Å². The van der Waals surface area contributed by atoms with Crippen LogP contribution in [0, 0.1) is 5.41 Å². The molecule has 0 bridgehead atoms. The highest BCUT2D eigenvalue weighted by Gasteiger charge is 2.46. The molecular weight excluding hydrogens is 487 g/mol. The van der Waals surface area contributed by atoms with Crippen molar-refractivity contribution < 1.29 is 18.0 Å². The van der Waals surface area contributed by atoms with E-state index in [9.17, 15) is 18.0 Å². The first kappa shape index (κ1) is 24.3. The van der Waals surface area contributed by atoms with E-state index in [2.05, 4.69) is 24.1 Å². The van der Waals surface area contributed by atoms with Gasteiger partial charge in [-0.2, -0.15) is 0 Å². The van der Waals surface area contributed by atoms with Gasteiger partial charge >= 0.3 is 0 Å². The second-order valence-electron chi connectivity index (χ2n) is 9.31. The fraction of sp³-hybridized carbons (Fsp3) is 0.545. The Labute approximate surface area is 204 Å². The van der Waals surface area contributed by atoms with E-state index in [1.165, 1.54) is 30.6 Å². The van der Waals surface area contributed by atoms with Gasteiger partial charge in [-0.05, 0) is 45.4 Å². The Hall–Kier alpha value is -1.81. The smallest absolute Gasteiger partial charge is 0.266 e. The molecule has 2 atom stereocenters. The largest absolute Gasteiger partial charge is 0.342 e. The molecule has 2 amide bonds. The van der Waals surface area contributed by atoms with Crippen LogP contribution in [0.15, 0.2) is 35.5 Å². The fourth-order valence-electron chi connectivity index (χ4n) is 4.92. The van der Waals surface area contributed by atoms with Gasteiger partial charge in [0.25, 0.3) is 10.0 Å². The van der Waals surface area contributed by atoms with Gasteiger partial charge in [0.15, 0.2) is 0 Å². The van der Waals surface area contributed by atoms with E-state index in [0.29, 0.717) is 19.1 Å². The Morgan fingerprint density at radius 1 is 1.21 bits per heavy atom. The van der Waals surface area contributed by atoms with Crippen molar-refractivity contribution in [1.29, 1.82) is 0 Å². The summed E-state index contributed by atoms with van der Waals surface area (Å²) in [6.45, 7) is 7.56. The number of sulfonamides is 1. The molecule has 2 fully saturated rings. The number of halogens is 2. The van der Waals surface area contributed by atoms with E-state index in [4.69, 9.17) is 23.2 Å². The van der Waals surface area contributed by atoms with Gasteiger partial charge in [0.1, 0.15) is 10.9 Å². The maximum atomic E-state index is 13.3. The molecule has 3 heterocycles. The van der Waals surface area contributed by atoms with Crippen molar-refractivity contribution in [3.05, 3.63) is 40.6 Å². The third kappa shape index (κ3) is 4.60. The summed E-state index contributed by atoms with van der Waals surface area (Å²) < 4.78 is 27.6. The molecule has 1 aromatic carbocycles. The Bertz CT molecular complexity index is 1090. The maximum Gasteiger partial charge on any atom is 0.266 e.